The molecule has 216 valence electrons. The summed E-state index contributed by atoms with van der Waals surface area (Å²) < 4.78 is 10.7. The molecule has 2 rings (SSSR count). The zero-order valence-corrected chi connectivity index (χ0v) is 23.6. The lowest BCUT2D eigenvalue weighted by Gasteiger charge is -2.30. The summed E-state index contributed by atoms with van der Waals surface area (Å²) in [4.78, 5) is 32.6. The van der Waals surface area contributed by atoms with Crippen molar-refractivity contribution in [3.05, 3.63) is 18.2 Å². The van der Waals surface area contributed by atoms with Crippen molar-refractivity contribution >= 4 is 17.6 Å². The number of anilines is 1. The number of unbranched alkanes of at least 4 members (excludes halogenated alkanes) is 1. The normalized spacial score (nSPS) is 18.3. The Morgan fingerprint density at radius 2 is 1.89 bits per heavy atom. The van der Waals surface area contributed by atoms with Gasteiger partial charge in [-0.2, -0.15) is 0 Å². The Balaban J connectivity index is 2.21. The maximum absolute atomic E-state index is 13.6. The first-order valence-corrected chi connectivity index (χ1v) is 13.6. The minimum absolute atomic E-state index is 0.130. The quantitative estimate of drug-likeness (QED) is 0.250. The van der Waals surface area contributed by atoms with Gasteiger partial charge in [-0.05, 0) is 38.1 Å². The van der Waals surface area contributed by atoms with Gasteiger partial charge >= 0.3 is 6.03 Å². The number of amides is 3. The molecule has 3 atom stereocenters. The predicted molar refractivity (Wildman–Crippen MR) is 148 cm³/mol. The van der Waals surface area contributed by atoms with E-state index in [1.54, 1.807) is 30.2 Å². The fourth-order valence-corrected chi connectivity index (χ4v) is 4.78. The minimum atomic E-state index is -0.973. The monoisotopic (exact) mass is 537 g/mol. The van der Waals surface area contributed by atoms with Crippen LogP contribution in [0.3, 0.4) is 0 Å². The molecule has 0 aromatic heterocycles. The molecule has 3 amide bonds. The second kappa shape index (κ2) is 16.4. The predicted octanol–water partition coefficient (Wildman–Crippen LogP) is 1.59. The van der Waals surface area contributed by atoms with Crippen molar-refractivity contribution in [2.75, 3.05) is 72.0 Å². The highest BCUT2D eigenvalue weighted by Gasteiger charge is 2.41. The highest BCUT2D eigenvalue weighted by atomic mass is 16.5. The lowest BCUT2D eigenvalue weighted by molar-refractivity contribution is -0.126. The number of urea groups is 1. The van der Waals surface area contributed by atoms with Crippen LogP contribution in [0, 0.1) is 0 Å². The van der Waals surface area contributed by atoms with Crippen LogP contribution in [0.2, 0.25) is 0 Å². The van der Waals surface area contributed by atoms with Gasteiger partial charge in [0, 0.05) is 44.8 Å². The number of nitrogens with zero attached hydrogens (tertiary/aromatic N) is 3. The number of carbonyl (C=O) groups is 2. The number of likely N-dealkylation sites (tertiary alicyclic amines) is 1. The van der Waals surface area contributed by atoms with E-state index in [0.717, 1.165) is 32.5 Å². The third-order valence-corrected chi connectivity index (χ3v) is 7.06. The summed E-state index contributed by atoms with van der Waals surface area (Å²) in [6.45, 7) is 10.0. The fraction of sp³-hybridized carbons (Fsp3) is 0.704. The number of benzene rings is 1. The van der Waals surface area contributed by atoms with E-state index in [2.05, 4.69) is 36.3 Å². The molecule has 11 heteroatoms. The van der Waals surface area contributed by atoms with Crippen molar-refractivity contribution in [1.29, 1.82) is 0 Å². The Morgan fingerprint density at radius 1 is 1.16 bits per heavy atom. The van der Waals surface area contributed by atoms with E-state index >= 15 is 0 Å². The van der Waals surface area contributed by atoms with Crippen LogP contribution in [0.25, 0.3) is 0 Å². The molecule has 1 aromatic carbocycles. The lowest BCUT2D eigenvalue weighted by Crippen LogP contribution is -2.48. The van der Waals surface area contributed by atoms with Crippen LogP contribution < -0.4 is 20.1 Å². The van der Waals surface area contributed by atoms with Gasteiger partial charge in [0.25, 0.3) is 0 Å². The summed E-state index contributed by atoms with van der Waals surface area (Å²) in [5, 5.41) is 25.6. The molecule has 0 aliphatic carbocycles. The number of aliphatic hydroxyl groups is 2. The first-order valence-electron chi connectivity index (χ1n) is 13.6. The molecule has 38 heavy (non-hydrogen) atoms. The number of β-amino-alcohol motifs (C(OH)–C–C–N with tert-alkyl or cyclic N) is 1. The highest BCUT2D eigenvalue weighted by molar-refractivity contribution is 5.92. The number of likely N-dealkylation sites (N-methyl/N-ethyl adjacent to an activating group) is 1. The van der Waals surface area contributed by atoms with Crippen LogP contribution in [0.15, 0.2) is 18.2 Å². The molecule has 0 bridgehead atoms. The van der Waals surface area contributed by atoms with Crippen LogP contribution in [0.4, 0.5) is 10.5 Å². The highest BCUT2D eigenvalue weighted by Crippen LogP contribution is 2.30. The number of ether oxygens (including phenoxy) is 2. The Kier molecular flexibility index (Phi) is 13.6. The number of hydrogen-bond donors (Lipinski definition) is 4. The molecule has 11 nitrogen and oxygen atoms in total. The van der Waals surface area contributed by atoms with Gasteiger partial charge in [0.05, 0.1) is 38.7 Å². The number of nitrogens with one attached hydrogen (secondary N) is 2. The van der Waals surface area contributed by atoms with Gasteiger partial charge in [0.1, 0.15) is 11.5 Å². The van der Waals surface area contributed by atoms with Crippen molar-refractivity contribution in [3.8, 4) is 11.5 Å². The third-order valence-electron chi connectivity index (χ3n) is 7.06. The molecule has 0 radical (unpaired) electrons. The summed E-state index contributed by atoms with van der Waals surface area (Å²) >= 11 is 0. The molecule has 1 fully saturated rings. The molecule has 1 saturated heterocycles. The standard InChI is InChI=1S/C27H47N5O6/c1-6-9-13-32(27(36)29-23-16-22(37-4)10-11-25(23)38-5)20-15-24(31(17-20)18-21(34)19-33)26(35)28-12-14-30(7-2)8-3/h10-11,16,20-21,24,33-34H,6-9,12-15,17-19H2,1-5H3,(H,28,35)(H,29,36). The number of aliphatic hydroxyl groups excluding tert-OH is 2. The van der Waals surface area contributed by atoms with E-state index in [1.807, 2.05) is 4.90 Å². The van der Waals surface area contributed by atoms with Crippen LogP contribution in [0.1, 0.15) is 40.0 Å². The molecule has 1 aliphatic heterocycles. The van der Waals surface area contributed by atoms with Gasteiger partial charge in [-0.15, -0.1) is 0 Å². The van der Waals surface area contributed by atoms with Gasteiger partial charge in [0.15, 0.2) is 0 Å². The topological polar surface area (TPSA) is 127 Å². The van der Waals surface area contributed by atoms with E-state index in [-0.39, 0.29) is 24.5 Å². The molecule has 1 aromatic rings. The van der Waals surface area contributed by atoms with Crippen molar-refractivity contribution in [1.82, 2.24) is 20.0 Å². The molecule has 4 N–H and O–H groups in total. The van der Waals surface area contributed by atoms with Crippen LogP contribution in [-0.4, -0.2) is 122 Å². The van der Waals surface area contributed by atoms with E-state index in [1.165, 1.54) is 7.11 Å². The second-order valence-electron chi connectivity index (χ2n) is 9.56. The van der Waals surface area contributed by atoms with Crippen molar-refractivity contribution < 1.29 is 29.3 Å². The molecule has 1 heterocycles. The maximum atomic E-state index is 13.6. The van der Waals surface area contributed by atoms with Crippen molar-refractivity contribution in [2.45, 2.75) is 58.2 Å². The number of rotatable bonds is 16. The van der Waals surface area contributed by atoms with E-state index in [9.17, 15) is 19.8 Å². The van der Waals surface area contributed by atoms with Gasteiger partial charge in [0.2, 0.25) is 5.91 Å². The van der Waals surface area contributed by atoms with Gasteiger partial charge in [-0.25, -0.2) is 4.79 Å². The largest absolute Gasteiger partial charge is 0.497 e. The summed E-state index contributed by atoms with van der Waals surface area (Å²) in [5.74, 6) is 0.974. The zero-order valence-electron chi connectivity index (χ0n) is 23.6. The molecular weight excluding hydrogens is 490 g/mol. The van der Waals surface area contributed by atoms with Crippen molar-refractivity contribution in [2.24, 2.45) is 0 Å². The summed E-state index contributed by atoms with van der Waals surface area (Å²) in [5.41, 5.74) is 0.495. The van der Waals surface area contributed by atoms with Gasteiger partial charge in [-0.3, -0.25) is 9.69 Å². The van der Waals surface area contributed by atoms with E-state index < -0.39 is 18.8 Å². The van der Waals surface area contributed by atoms with Crippen LogP contribution in [-0.2, 0) is 4.79 Å². The molecular formula is C27H47N5O6. The summed E-state index contributed by atoms with van der Waals surface area (Å²) in [7, 11) is 3.10. The minimum Gasteiger partial charge on any atom is -0.497 e. The SMILES string of the molecule is CCCCN(C(=O)Nc1cc(OC)ccc1OC)C1CC(C(=O)NCCN(CC)CC)N(CC(O)CO)C1. The maximum Gasteiger partial charge on any atom is 0.322 e. The van der Waals surface area contributed by atoms with Gasteiger partial charge in [-0.1, -0.05) is 27.2 Å². The van der Waals surface area contributed by atoms with Crippen molar-refractivity contribution in [3.63, 3.8) is 0 Å². The Hall–Kier alpha value is -2.60. The Morgan fingerprint density at radius 3 is 2.50 bits per heavy atom. The number of methoxy groups -OCH3 is 2. The molecule has 0 spiro atoms. The summed E-state index contributed by atoms with van der Waals surface area (Å²) in [6, 6.07) is 4.15. The second-order valence-corrected chi connectivity index (χ2v) is 9.56. The Labute approximate surface area is 227 Å². The lowest BCUT2D eigenvalue weighted by atomic mass is 10.1. The molecule has 1 aliphatic rings. The first kappa shape index (κ1) is 31.6. The first-order chi connectivity index (χ1) is 18.3. The van der Waals surface area contributed by atoms with Crippen LogP contribution >= 0.6 is 0 Å². The summed E-state index contributed by atoms with van der Waals surface area (Å²) in [6.07, 6.45) is 1.17. The van der Waals surface area contributed by atoms with Crippen LogP contribution in [0.5, 0.6) is 11.5 Å². The number of hydrogen-bond acceptors (Lipinski definition) is 8. The van der Waals surface area contributed by atoms with Gasteiger partial charge < -0.3 is 40.1 Å². The molecule has 0 saturated carbocycles. The smallest absolute Gasteiger partial charge is 0.322 e. The Bertz CT molecular complexity index is 868. The van der Waals surface area contributed by atoms with E-state index in [4.69, 9.17) is 9.47 Å². The number of carbonyl (C=O) groups excluding carboxylic acids is 2. The van der Waals surface area contributed by atoms with E-state index in [0.29, 0.717) is 43.2 Å². The zero-order chi connectivity index (χ0) is 28.1. The molecule has 3 unspecified atom stereocenters. The third kappa shape index (κ3) is 9.00. The fourth-order valence-electron chi connectivity index (χ4n) is 4.78. The average molecular weight is 538 g/mol. The average Bonchev–Trinajstić information content (AvgIpc) is 3.34.